The number of rotatable bonds is 8. The summed E-state index contributed by atoms with van der Waals surface area (Å²) < 4.78 is 4.91. The minimum atomic E-state index is -0.163. The quantitative estimate of drug-likeness (QED) is 0.276. The largest absolute Gasteiger partial charge is 0.465 e. The molecule has 1 rings (SSSR count). The van der Waals surface area contributed by atoms with Gasteiger partial charge in [-0.05, 0) is 26.2 Å². The normalized spacial score (nSPS) is 23.5. The number of esters is 1. The molecule has 1 aliphatic heterocycles. The number of ether oxygens (including phenoxy) is 1. The fourth-order valence-electron chi connectivity index (χ4n) is 1.59. The molecular weight excluding hydrogens is 208 g/mol. The van der Waals surface area contributed by atoms with Crippen molar-refractivity contribution >= 4 is 17.7 Å². The van der Waals surface area contributed by atoms with Gasteiger partial charge in [-0.25, -0.2) is 0 Å². The molecule has 1 heterocycles. The van der Waals surface area contributed by atoms with Gasteiger partial charge in [0.15, 0.2) is 0 Å². The Morgan fingerprint density at radius 2 is 2.27 bits per heavy atom. The Morgan fingerprint density at radius 1 is 1.53 bits per heavy atom. The average molecular weight is 228 g/mol. The number of hydrogen-bond acceptors (Lipinski definition) is 3. The summed E-state index contributed by atoms with van der Waals surface area (Å²) in [6, 6.07) is 0. The summed E-state index contributed by atoms with van der Waals surface area (Å²) in [5.74, 6) is 0.950. The van der Waals surface area contributed by atoms with E-state index in [0.29, 0.717) is 6.61 Å². The molecule has 0 aromatic carbocycles. The third-order valence-electron chi connectivity index (χ3n) is 2.63. The van der Waals surface area contributed by atoms with Gasteiger partial charge in [0, 0.05) is 5.75 Å². The maximum atomic E-state index is 11.6. The van der Waals surface area contributed by atoms with E-state index in [1.54, 1.807) is 11.8 Å². The molecule has 0 bridgehead atoms. The van der Waals surface area contributed by atoms with Gasteiger partial charge in [-0.3, -0.25) is 4.79 Å². The summed E-state index contributed by atoms with van der Waals surface area (Å²) in [6.07, 6.45) is 7.51. The fourth-order valence-corrected chi connectivity index (χ4v) is 2.49. The second-order valence-corrected chi connectivity index (χ2v) is 5.25. The average Bonchev–Trinajstić information content (AvgIpc) is 2.99. The maximum absolute atomic E-state index is 11.6. The predicted molar refractivity (Wildman–Crippen MR) is 65.1 cm³/mol. The summed E-state index contributed by atoms with van der Waals surface area (Å²) in [7, 11) is 0. The van der Waals surface area contributed by atoms with Gasteiger partial charge in [-0.1, -0.05) is 18.9 Å². The van der Waals surface area contributed by atoms with Gasteiger partial charge >= 0.3 is 5.97 Å². The van der Waals surface area contributed by atoms with E-state index in [4.69, 9.17) is 4.74 Å². The highest BCUT2D eigenvalue weighted by atomic mass is 32.2. The maximum Gasteiger partial charge on any atom is 0.323 e. The molecule has 0 unspecified atom stereocenters. The topological polar surface area (TPSA) is 26.3 Å². The van der Waals surface area contributed by atoms with Crippen LogP contribution in [0.3, 0.4) is 0 Å². The molecule has 2 nitrogen and oxygen atoms in total. The fraction of sp³-hybridized carbons (Fsp3) is 0.750. The SMILES string of the molecule is C=CCCCCC[C@]1(C(=O)OCC)CS1. The lowest BCUT2D eigenvalue weighted by Gasteiger charge is -2.11. The van der Waals surface area contributed by atoms with E-state index in [1.807, 2.05) is 13.0 Å². The van der Waals surface area contributed by atoms with Crippen LogP contribution < -0.4 is 0 Å². The molecule has 0 saturated carbocycles. The molecule has 3 heteroatoms. The number of thioether (sulfide) groups is 1. The lowest BCUT2D eigenvalue weighted by Crippen LogP contribution is -2.25. The zero-order valence-corrected chi connectivity index (χ0v) is 10.3. The van der Waals surface area contributed by atoms with Crippen LogP contribution in [0, 0.1) is 0 Å². The van der Waals surface area contributed by atoms with E-state index in [0.717, 1.165) is 25.0 Å². The van der Waals surface area contributed by atoms with Crippen LogP contribution in [0.25, 0.3) is 0 Å². The molecule has 1 saturated heterocycles. The van der Waals surface area contributed by atoms with E-state index in [9.17, 15) is 4.79 Å². The van der Waals surface area contributed by atoms with Crippen molar-refractivity contribution in [2.24, 2.45) is 0 Å². The molecule has 0 aliphatic carbocycles. The predicted octanol–water partition coefficient (Wildman–Crippen LogP) is 3.17. The zero-order chi connectivity index (χ0) is 11.1. The van der Waals surface area contributed by atoms with Crippen molar-refractivity contribution in [3.8, 4) is 0 Å². The highest BCUT2D eigenvalue weighted by Gasteiger charge is 2.51. The van der Waals surface area contributed by atoms with E-state index in [2.05, 4.69) is 6.58 Å². The highest BCUT2D eigenvalue weighted by Crippen LogP contribution is 2.49. The van der Waals surface area contributed by atoms with Crippen LogP contribution >= 0.6 is 11.8 Å². The minimum absolute atomic E-state index is 0.00118. The first-order valence-electron chi connectivity index (χ1n) is 5.67. The van der Waals surface area contributed by atoms with Gasteiger partial charge < -0.3 is 4.74 Å². The molecule has 86 valence electrons. The third kappa shape index (κ3) is 3.90. The summed E-state index contributed by atoms with van der Waals surface area (Å²) in [5, 5.41) is 0. The van der Waals surface area contributed by atoms with E-state index < -0.39 is 0 Å². The monoisotopic (exact) mass is 228 g/mol. The molecule has 1 fully saturated rings. The highest BCUT2D eigenvalue weighted by molar-refractivity contribution is 8.08. The van der Waals surface area contributed by atoms with Crippen molar-refractivity contribution in [2.75, 3.05) is 12.4 Å². The third-order valence-corrected chi connectivity index (χ3v) is 3.99. The van der Waals surface area contributed by atoms with Crippen LogP contribution in [0.4, 0.5) is 0 Å². The molecule has 0 spiro atoms. The summed E-state index contributed by atoms with van der Waals surface area (Å²) in [6.45, 7) is 6.06. The molecule has 0 aromatic heterocycles. The number of carbonyl (C=O) groups excluding carboxylic acids is 1. The van der Waals surface area contributed by atoms with Gasteiger partial charge in [0.05, 0.1) is 6.61 Å². The molecule has 0 amide bonds. The van der Waals surface area contributed by atoms with Crippen LogP contribution in [0.1, 0.15) is 39.0 Å². The molecule has 1 atom stereocenters. The van der Waals surface area contributed by atoms with Crippen LogP contribution in [0.5, 0.6) is 0 Å². The van der Waals surface area contributed by atoms with Crippen molar-refractivity contribution in [2.45, 2.75) is 43.8 Å². The lowest BCUT2D eigenvalue weighted by atomic mass is 10.0. The van der Waals surface area contributed by atoms with Crippen molar-refractivity contribution in [1.82, 2.24) is 0 Å². The smallest absolute Gasteiger partial charge is 0.323 e. The second-order valence-electron chi connectivity index (χ2n) is 3.89. The molecule has 0 aromatic rings. The minimum Gasteiger partial charge on any atom is -0.465 e. The van der Waals surface area contributed by atoms with Crippen LogP contribution in [-0.2, 0) is 9.53 Å². The number of carbonyl (C=O) groups is 1. The number of unbranched alkanes of at least 4 members (excludes halogenated alkanes) is 3. The zero-order valence-electron chi connectivity index (χ0n) is 9.46. The standard InChI is InChI=1S/C12H20O2S/c1-3-5-6-7-8-9-12(10-15-12)11(13)14-4-2/h3H,1,4-10H2,2H3/t12-/m1/s1. The van der Waals surface area contributed by atoms with E-state index in [1.165, 1.54) is 12.8 Å². The van der Waals surface area contributed by atoms with Crippen molar-refractivity contribution in [3.63, 3.8) is 0 Å². The van der Waals surface area contributed by atoms with E-state index in [-0.39, 0.29) is 10.7 Å². The Labute approximate surface area is 96.5 Å². The summed E-state index contributed by atoms with van der Waals surface area (Å²) in [5.41, 5.74) is 0. The van der Waals surface area contributed by atoms with Crippen molar-refractivity contribution in [1.29, 1.82) is 0 Å². The first-order chi connectivity index (χ1) is 7.25. The Morgan fingerprint density at radius 3 is 2.80 bits per heavy atom. The second kappa shape index (κ2) is 6.21. The van der Waals surface area contributed by atoms with Crippen molar-refractivity contribution in [3.05, 3.63) is 12.7 Å². The Hall–Kier alpha value is -0.440. The van der Waals surface area contributed by atoms with Crippen LogP contribution in [-0.4, -0.2) is 23.1 Å². The van der Waals surface area contributed by atoms with Gasteiger partial charge in [0.2, 0.25) is 0 Å². The van der Waals surface area contributed by atoms with Gasteiger partial charge in [0.25, 0.3) is 0 Å². The van der Waals surface area contributed by atoms with E-state index >= 15 is 0 Å². The Bertz CT molecular complexity index is 222. The molecule has 0 N–H and O–H groups in total. The number of hydrogen-bond donors (Lipinski definition) is 0. The lowest BCUT2D eigenvalue weighted by molar-refractivity contribution is -0.144. The Balaban J connectivity index is 2.14. The van der Waals surface area contributed by atoms with Gasteiger partial charge in [-0.2, -0.15) is 0 Å². The molecule has 0 radical (unpaired) electrons. The molecule has 15 heavy (non-hydrogen) atoms. The van der Waals surface area contributed by atoms with Gasteiger partial charge in [-0.15, -0.1) is 18.3 Å². The summed E-state index contributed by atoms with van der Waals surface area (Å²) in [4.78, 5) is 11.6. The van der Waals surface area contributed by atoms with Gasteiger partial charge in [0.1, 0.15) is 4.75 Å². The van der Waals surface area contributed by atoms with Crippen molar-refractivity contribution < 1.29 is 9.53 Å². The molecule has 1 aliphatic rings. The molecular formula is C12H20O2S. The summed E-state index contributed by atoms with van der Waals surface area (Å²) >= 11 is 1.73. The number of allylic oxidation sites excluding steroid dienone is 1. The first kappa shape index (κ1) is 12.6. The van der Waals surface area contributed by atoms with Crippen LogP contribution in [0.2, 0.25) is 0 Å². The Kier molecular flexibility index (Phi) is 5.23. The van der Waals surface area contributed by atoms with Crippen LogP contribution in [0.15, 0.2) is 12.7 Å². The first-order valence-corrected chi connectivity index (χ1v) is 6.66.